The minimum atomic E-state index is -0.684. The summed E-state index contributed by atoms with van der Waals surface area (Å²) in [6, 6.07) is 8.65. The zero-order valence-electron chi connectivity index (χ0n) is 13.1. The lowest BCUT2D eigenvalue weighted by atomic mass is 10.1. The number of fused-ring (bicyclic) bond motifs is 1. The van der Waals surface area contributed by atoms with Gasteiger partial charge in [0.05, 0.1) is 17.6 Å². The highest BCUT2D eigenvalue weighted by Gasteiger charge is 2.17. The fraction of sp³-hybridized carbons (Fsp3) is 0.176. The van der Waals surface area contributed by atoms with Gasteiger partial charge in [-0.25, -0.2) is 4.98 Å². The molecular weight excluding hydrogens is 292 g/mol. The van der Waals surface area contributed by atoms with E-state index in [1.165, 1.54) is 6.20 Å². The number of ketones is 1. The molecular formula is C17H16N4O2. The van der Waals surface area contributed by atoms with Gasteiger partial charge in [-0.1, -0.05) is 29.8 Å². The van der Waals surface area contributed by atoms with Gasteiger partial charge >= 0.3 is 0 Å². The number of rotatable bonds is 3. The summed E-state index contributed by atoms with van der Waals surface area (Å²) in [5, 5.41) is 7.71. The van der Waals surface area contributed by atoms with Crippen LogP contribution in [0.1, 0.15) is 21.6 Å². The molecule has 6 heteroatoms. The third-order valence-corrected chi connectivity index (χ3v) is 3.64. The number of hydrogen-bond donors (Lipinski definition) is 1. The van der Waals surface area contributed by atoms with E-state index in [2.05, 4.69) is 15.4 Å². The number of carbonyl (C=O) groups is 2. The quantitative estimate of drug-likeness (QED) is 0.595. The van der Waals surface area contributed by atoms with Crippen molar-refractivity contribution in [2.75, 3.05) is 5.32 Å². The number of anilines is 1. The summed E-state index contributed by atoms with van der Waals surface area (Å²) in [5.41, 5.74) is 3.41. The highest BCUT2D eigenvalue weighted by molar-refractivity contribution is 6.46. The Morgan fingerprint density at radius 3 is 2.52 bits per heavy atom. The molecule has 0 saturated heterocycles. The maximum atomic E-state index is 12.1. The maximum Gasteiger partial charge on any atom is 0.296 e. The standard InChI is InChI=1S/C17H16N4O2/c1-10-4-6-12(7-5-10)15(22)17(23)19-13-8-14-11(2)20-21(3)16(14)18-9-13/h4-9H,1-3H3,(H,19,23). The number of nitrogens with zero attached hydrogens (tertiary/aromatic N) is 3. The maximum absolute atomic E-state index is 12.1. The molecule has 2 heterocycles. The Labute approximate surface area is 133 Å². The van der Waals surface area contributed by atoms with Crippen molar-refractivity contribution in [3.63, 3.8) is 0 Å². The first kappa shape index (κ1) is 14.9. The molecule has 0 bridgehead atoms. The summed E-state index contributed by atoms with van der Waals surface area (Å²) >= 11 is 0. The fourth-order valence-electron chi connectivity index (χ4n) is 2.40. The highest BCUT2D eigenvalue weighted by Crippen LogP contribution is 2.19. The van der Waals surface area contributed by atoms with Crippen LogP contribution in [-0.4, -0.2) is 26.5 Å². The summed E-state index contributed by atoms with van der Waals surface area (Å²) in [6.07, 6.45) is 1.52. The second-order valence-corrected chi connectivity index (χ2v) is 5.45. The summed E-state index contributed by atoms with van der Waals surface area (Å²) in [5.74, 6) is -1.26. The van der Waals surface area contributed by atoms with Crippen molar-refractivity contribution in [3.05, 3.63) is 53.3 Å². The molecule has 0 aliphatic heterocycles. The van der Waals surface area contributed by atoms with Crippen molar-refractivity contribution in [3.8, 4) is 0 Å². The van der Waals surface area contributed by atoms with Crippen LogP contribution in [0.3, 0.4) is 0 Å². The zero-order chi connectivity index (χ0) is 16.6. The van der Waals surface area contributed by atoms with Crippen LogP contribution in [0, 0.1) is 13.8 Å². The van der Waals surface area contributed by atoms with E-state index in [1.54, 1.807) is 35.0 Å². The third-order valence-electron chi connectivity index (χ3n) is 3.64. The number of pyridine rings is 1. The average Bonchev–Trinajstić information content (AvgIpc) is 2.81. The van der Waals surface area contributed by atoms with Gasteiger partial charge in [0.2, 0.25) is 0 Å². The topological polar surface area (TPSA) is 76.9 Å². The number of carbonyl (C=O) groups excluding carboxylic acids is 2. The van der Waals surface area contributed by atoms with Crippen LogP contribution in [0.15, 0.2) is 36.5 Å². The smallest absolute Gasteiger partial charge is 0.296 e. The molecule has 3 aromatic rings. The predicted molar refractivity (Wildman–Crippen MR) is 87.4 cm³/mol. The predicted octanol–water partition coefficient (Wildman–Crippen LogP) is 2.41. The Kier molecular flexibility index (Phi) is 3.65. The number of benzene rings is 1. The van der Waals surface area contributed by atoms with Crippen molar-refractivity contribution >= 4 is 28.4 Å². The van der Waals surface area contributed by atoms with E-state index in [-0.39, 0.29) is 0 Å². The van der Waals surface area contributed by atoms with Gasteiger partial charge in [-0.3, -0.25) is 14.3 Å². The molecule has 0 unspecified atom stereocenters. The fourth-order valence-corrected chi connectivity index (χ4v) is 2.40. The molecule has 1 N–H and O–H groups in total. The van der Waals surface area contributed by atoms with Gasteiger partial charge in [-0.15, -0.1) is 0 Å². The zero-order valence-corrected chi connectivity index (χ0v) is 13.1. The second kappa shape index (κ2) is 5.64. The Balaban J connectivity index is 1.83. The lowest BCUT2D eigenvalue weighted by Crippen LogP contribution is -2.22. The van der Waals surface area contributed by atoms with Crippen LogP contribution in [0.4, 0.5) is 5.69 Å². The Morgan fingerprint density at radius 2 is 1.83 bits per heavy atom. The van der Waals surface area contributed by atoms with Gasteiger partial charge < -0.3 is 5.32 Å². The number of aryl methyl sites for hydroxylation is 3. The molecule has 6 nitrogen and oxygen atoms in total. The number of Topliss-reactive ketones (excluding diaryl/α,β-unsaturated/α-hetero) is 1. The van der Waals surface area contributed by atoms with E-state index < -0.39 is 11.7 Å². The first-order valence-electron chi connectivity index (χ1n) is 7.17. The first-order valence-corrected chi connectivity index (χ1v) is 7.17. The van der Waals surface area contributed by atoms with Crippen molar-refractivity contribution in [2.24, 2.45) is 7.05 Å². The van der Waals surface area contributed by atoms with Crippen molar-refractivity contribution in [2.45, 2.75) is 13.8 Å². The Morgan fingerprint density at radius 1 is 1.13 bits per heavy atom. The molecule has 0 aliphatic carbocycles. The molecule has 23 heavy (non-hydrogen) atoms. The summed E-state index contributed by atoms with van der Waals surface area (Å²) in [7, 11) is 1.81. The van der Waals surface area contributed by atoms with Crippen LogP contribution in [-0.2, 0) is 11.8 Å². The molecule has 3 rings (SSSR count). The van der Waals surface area contributed by atoms with Gasteiger partial charge in [0.15, 0.2) is 5.65 Å². The van der Waals surface area contributed by atoms with E-state index in [4.69, 9.17) is 0 Å². The molecule has 0 radical (unpaired) electrons. The molecule has 0 fully saturated rings. The van der Waals surface area contributed by atoms with Gasteiger partial charge in [-0.05, 0) is 19.9 Å². The van der Waals surface area contributed by atoms with Crippen LogP contribution < -0.4 is 5.32 Å². The lowest BCUT2D eigenvalue weighted by Gasteiger charge is -2.05. The van der Waals surface area contributed by atoms with Crippen molar-refractivity contribution < 1.29 is 9.59 Å². The van der Waals surface area contributed by atoms with Gasteiger partial charge in [0.25, 0.3) is 11.7 Å². The normalized spacial score (nSPS) is 10.7. The third kappa shape index (κ3) is 2.83. The second-order valence-electron chi connectivity index (χ2n) is 5.45. The molecule has 116 valence electrons. The largest absolute Gasteiger partial charge is 0.318 e. The molecule has 1 aromatic carbocycles. The molecule has 0 atom stereocenters. The monoisotopic (exact) mass is 308 g/mol. The number of hydrogen-bond acceptors (Lipinski definition) is 4. The lowest BCUT2D eigenvalue weighted by molar-refractivity contribution is -0.112. The number of aromatic nitrogens is 3. The summed E-state index contributed by atoms with van der Waals surface area (Å²) in [6.45, 7) is 3.79. The van der Waals surface area contributed by atoms with Gasteiger partial charge in [0.1, 0.15) is 0 Å². The molecule has 1 amide bonds. The molecule has 0 spiro atoms. The highest BCUT2D eigenvalue weighted by atomic mass is 16.2. The first-order chi connectivity index (χ1) is 11.0. The molecule has 0 aliphatic rings. The van der Waals surface area contributed by atoms with E-state index >= 15 is 0 Å². The summed E-state index contributed by atoms with van der Waals surface area (Å²) < 4.78 is 1.67. The van der Waals surface area contributed by atoms with Crippen molar-refractivity contribution in [1.29, 1.82) is 0 Å². The number of amides is 1. The van der Waals surface area contributed by atoms with Gasteiger partial charge in [-0.2, -0.15) is 5.10 Å². The van der Waals surface area contributed by atoms with E-state index in [0.29, 0.717) is 11.3 Å². The minimum absolute atomic E-state index is 0.361. The van der Waals surface area contributed by atoms with E-state index in [9.17, 15) is 9.59 Å². The molecule has 2 aromatic heterocycles. The van der Waals surface area contributed by atoms with Gasteiger partial charge in [0, 0.05) is 18.0 Å². The van der Waals surface area contributed by atoms with Crippen LogP contribution in [0.2, 0.25) is 0 Å². The summed E-state index contributed by atoms with van der Waals surface area (Å²) in [4.78, 5) is 28.5. The van der Waals surface area contributed by atoms with E-state index in [1.807, 2.05) is 20.9 Å². The van der Waals surface area contributed by atoms with Crippen LogP contribution >= 0.6 is 0 Å². The number of nitrogens with one attached hydrogen (secondary N) is 1. The Bertz CT molecular complexity index is 910. The van der Waals surface area contributed by atoms with Crippen LogP contribution in [0.5, 0.6) is 0 Å². The Hall–Kier alpha value is -3.02. The minimum Gasteiger partial charge on any atom is -0.318 e. The van der Waals surface area contributed by atoms with Crippen molar-refractivity contribution in [1.82, 2.24) is 14.8 Å². The molecule has 0 saturated carbocycles. The SMILES string of the molecule is Cc1ccc(C(=O)C(=O)Nc2cnc3c(c2)c(C)nn3C)cc1. The average molecular weight is 308 g/mol. The van der Waals surface area contributed by atoms with Crippen LogP contribution in [0.25, 0.3) is 11.0 Å². The van der Waals surface area contributed by atoms with E-state index in [0.717, 1.165) is 22.3 Å².